The van der Waals surface area contributed by atoms with Gasteiger partial charge >= 0.3 is 0 Å². The van der Waals surface area contributed by atoms with Crippen LogP contribution in [0.5, 0.6) is 0 Å². The number of piperidine rings is 2. The molecule has 3 aromatic heterocycles. The number of halogens is 1. The quantitative estimate of drug-likeness (QED) is 0.720. The molecule has 3 saturated heterocycles. The molecule has 0 unspecified atom stereocenters. The second-order valence-electron chi connectivity index (χ2n) is 7.20. The highest BCUT2D eigenvalue weighted by atomic mass is 35.5. The van der Waals surface area contributed by atoms with Crippen molar-refractivity contribution in [2.75, 3.05) is 23.3 Å². The first kappa shape index (κ1) is 16.6. The molecule has 0 spiro atoms. The van der Waals surface area contributed by atoms with Gasteiger partial charge in [-0.15, -0.1) is 5.10 Å². The first-order valence-electron chi connectivity index (χ1n) is 9.08. The third-order valence-corrected chi connectivity index (χ3v) is 5.68. The molecule has 0 aromatic carbocycles. The second kappa shape index (κ2) is 6.24. The van der Waals surface area contributed by atoms with Crippen molar-refractivity contribution in [2.24, 2.45) is 7.05 Å². The van der Waals surface area contributed by atoms with Gasteiger partial charge < -0.3 is 15.5 Å². The summed E-state index contributed by atoms with van der Waals surface area (Å²) in [5.41, 5.74) is 1.82. The molecule has 140 valence electrons. The molecule has 3 aliphatic rings. The molecule has 6 heterocycles. The van der Waals surface area contributed by atoms with E-state index in [2.05, 4.69) is 20.6 Å². The Balaban J connectivity index is 1.46. The van der Waals surface area contributed by atoms with Crippen LogP contribution >= 0.6 is 11.6 Å². The smallest absolute Gasteiger partial charge is 0.274 e. The number of hydrogen-bond acceptors (Lipinski definition) is 5. The summed E-state index contributed by atoms with van der Waals surface area (Å²) in [4.78, 5) is 15.1. The SMILES string of the molecule is Cn1cc(NC(=O)c2ccc3ccc(N4C[C@H]5CC[C@@H]4CN5)nn23)c(Cl)n1. The number of nitrogens with zero attached hydrogens (tertiary/aromatic N) is 5. The number of aromatic nitrogens is 4. The van der Waals surface area contributed by atoms with Crippen LogP contribution in [0.2, 0.25) is 5.15 Å². The van der Waals surface area contributed by atoms with Crippen molar-refractivity contribution < 1.29 is 4.79 Å². The van der Waals surface area contributed by atoms with E-state index in [4.69, 9.17) is 16.7 Å². The Bertz CT molecular complexity index is 1020. The predicted octanol–water partition coefficient (Wildman–Crippen LogP) is 1.91. The van der Waals surface area contributed by atoms with Crippen LogP contribution in [0, 0.1) is 0 Å². The van der Waals surface area contributed by atoms with Crippen LogP contribution in [0.15, 0.2) is 30.5 Å². The van der Waals surface area contributed by atoms with Gasteiger partial charge in [-0.05, 0) is 37.1 Å². The van der Waals surface area contributed by atoms with Crippen LogP contribution in [0.3, 0.4) is 0 Å². The highest BCUT2D eigenvalue weighted by Gasteiger charge is 2.34. The summed E-state index contributed by atoms with van der Waals surface area (Å²) in [6.07, 6.45) is 4.06. The largest absolute Gasteiger partial charge is 0.349 e. The highest BCUT2D eigenvalue weighted by molar-refractivity contribution is 6.32. The van der Waals surface area contributed by atoms with E-state index in [9.17, 15) is 4.79 Å². The van der Waals surface area contributed by atoms with Crippen molar-refractivity contribution in [3.8, 4) is 0 Å². The first-order chi connectivity index (χ1) is 13.1. The van der Waals surface area contributed by atoms with E-state index in [0.717, 1.165) is 24.4 Å². The number of carbonyl (C=O) groups is 1. The lowest BCUT2D eigenvalue weighted by molar-refractivity contribution is 0.102. The van der Waals surface area contributed by atoms with Gasteiger partial charge in [-0.2, -0.15) is 5.10 Å². The number of amides is 1. The standard InChI is InChI=1S/C18H20ClN7O/c1-24-10-14(17(19)23-24)21-18(27)15-6-4-12-5-7-16(22-26(12)15)25-9-11-2-3-13(25)8-20-11/h4-7,10-11,13,20H,2-3,8-9H2,1H3,(H,21,27)/t11-,13-/m1/s1. The summed E-state index contributed by atoms with van der Waals surface area (Å²) in [6.45, 7) is 1.94. The lowest BCUT2D eigenvalue weighted by Gasteiger charge is -2.46. The molecule has 2 N–H and O–H groups in total. The van der Waals surface area contributed by atoms with Gasteiger partial charge in [0.05, 0.1) is 11.2 Å². The molecule has 3 fully saturated rings. The molecular weight excluding hydrogens is 366 g/mol. The third kappa shape index (κ3) is 2.85. The van der Waals surface area contributed by atoms with E-state index in [1.54, 1.807) is 28.5 Å². The van der Waals surface area contributed by atoms with Crippen LogP contribution < -0.4 is 15.5 Å². The second-order valence-corrected chi connectivity index (χ2v) is 7.55. The van der Waals surface area contributed by atoms with Gasteiger partial charge in [-0.3, -0.25) is 9.48 Å². The Morgan fingerprint density at radius 1 is 1.26 bits per heavy atom. The Morgan fingerprint density at radius 2 is 2.11 bits per heavy atom. The number of hydrogen-bond donors (Lipinski definition) is 2. The van der Waals surface area contributed by atoms with Crippen molar-refractivity contribution in [2.45, 2.75) is 24.9 Å². The average Bonchev–Trinajstić information content (AvgIpc) is 3.24. The average molecular weight is 386 g/mol. The Morgan fingerprint density at radius 3 is 2.78 bits per heavy atom. The summed E-state index contributed by atoms with van der Waals surface area (Å²) in [5, 5.41) is 15.4. The van der Waals surface area contributed by atoms with Crippen LogP contribution in [-0.4, -0.2) is 50.5 Å². The topological polar surface area (TPSA) is 79.5 Å². The molecule has 0 saturated carbocycles. The monoisotopic (exact) mass is 385 g/mol. The number of rotatable bonds is 3. The van der Waals surface area contributed by atoms with Crippen LogP contribution in [-0.2, 0) is 7.05 Å². The van der Waals surface area contributed by atoms with Crippen LogP contribution in [0.1, 0.15) is 23.3 Å². The number of aryl methyl sites for hydroxylation is 1. The fourth-order valence-corrected chi connectivity index (χ4v) is 4.24. The fourth-order valence-electron chi connectivity index (χ4n) is 4.02. The maximum Gasteiger partial charge on any atom is 0.274 e. The summed E-state index contributed by atoms with van der Waals surface area (Å²) in [7, 11) is 1.75. The van der Waals surface area contributed by atoms with Gasteiger partial charge in [-0.25, -0.2) is 4.52 Å². The first-order valence-corrected chi connectivity index (χ1v) is 9.45. The minimum Gasteiger partial charge on any atom is -0.349 e. The van der Waals surface area contributed by atoms with Crippen LogP contribution in [0.4, 0.5) is 11.5 Å². The Kier molecular flexibility index (Phi) is 3.84. The molecule has 3 aliphatic heterocycles. The van der Waals surface area contributed by atoms with Crippen LogP contribution in [0.25, 0.3) is 5.52 Å². The van der Waals surface area contributed by atoms with Gasteiger partial charge in [0.2, 0.25) is 0 Å². The summed E-state index contributed by atoms with van der Waals surface area (Å²) < 4.78 is 3.26. The predicted molar refractivity (Wildman–Crippen MR) is 104 cm³/mol. The van der Waals surface area contributed by atoms with Crippen molar-refractivity contribution in [1.29, 1.82) is 0 Å². The Hall–Kier alpha value is -2.58. The van der Waals surface area contributed by atoms with E-state index < -0.39 is 0 Å². The molecule has 1 amide bonds. The molecule has 0 radical (unpaired) electrons. The van der Waals surface area contributed by atoms with E-state index in [-0.39, 0.29) is 11.1 Å². The molecule has 8 nitrogen and oxygen atoms in total. The summed E-state index contributed by atoms with van der Waals surface area (Å²) >= 11 is 6.05. The summed E-state index contributed by atoms with van der Waals surface area (Å²) in [6, 6.07) is 8.69. The van der Waals surface area contributed by atoms with Gasteiger partial charge in [0.25, 0.3) is 5.91 Å². The number of piperazine rings is 1. The van der Waals surface area contributed by atoms with E-state index >= 15 is 0 Å². The van der Waals surface area contributed by atoms with Crippen molar-refractivity contribution in [3.63, 3.8) is 0 Å². The number of fused-ring (bicyclic) bond motifs is 4. The minimum atomic E-state index is -0.267. The zero-order valence-corrected chi connectivity index (χ0v) is 15.6. The number of nitrogens with one attached hydrogen (secondary N) is 2. The normalized spacial score (nSPS) is 21.8. The molecule has 27 heavy (non-hydrogen) atoms. The van der Waals surface area contributed by atoms with Gasteiger partial charge in [0.15, 0.2) is 5.15 Å². The maximum atomic E-state index is 12.8. The molecule has 3 aromatic rings. The van der Waals surface area contributed by atoms with Crippen molar-refractivity contribution >= 4 is 34.5 Å². The molecular formula is C18H20ClN7O. The Labute approximate surface area is 161 Å². The number of carbonyl (C=O) groups excluding carboxylic acids is 1. The fraction of sp³-hybridized carbons (Fsp3) is 0.389. The minimum absolute atomic E-state index is 0.261. The lowest BCUT2D eigenvalue weighted by atomic mass is 9.93. The molecule has 2 bridgehead atoms. The highest BCUT2D eigenvalue weighted by Crippen LogP contribution is 2.27. The molecule has 2 atom stereocenters. The van der Waals surface area contributed by atoms with Crippen molar-refractivity contribution in [1.82, 2.24) is 24.7 Å². The lowest BCUT2D eigenvalue weighted by Crippen LogP contribution is -2.61. The maximum absolute atomic E-state index is 12.8. The zero-order valence-electron chi connectivity index (χ0n) is 14.9. The van der Waals surface area contributed by atoms with Crippen molar-refractivity contribution in [3.05, 3.63) is 41.3 Å². The van der Waals surface area contributed by atoms with Gasteiger partial charge in [0, 0.05) is 38.4 Å². The van der Waals surface area contributed by atoms with E-state index in [1.807, 2.05) is 18.2 Å². The molecule has 0 aliphatic carbocycles. The summed E-state index contributed by atoms with van der Waals surface area (Å²) in [5.74, 6) is 0.639. The van der Waals surface area contributed by atoms with Gasteiger partial charge in [-0.1, -0.05) is 11.6 Å². The van der Waals surface area contributed by atoms with E-state index in [1.165, 1.54) is 12.8 Å². The number of anilines is 2. The van der Waals surface area contributed by atoms with Gasteiger partial charge in [0.1, 0.15) is 11.5 Å². The third-order valence-electron chi connectivity index (χ3n) is 5.40. The molecule has 9 heteroatoms. The zero-order chi connectivity index (χ0) is 18.5. The molecule has 6 rings (SSSR count). The van der Waals surface area contributed by atoms with E-state index in [0.29, 0.717) is 23.5 Å².